The first-order valence-electron chi connectivity index (χ1n) is 10.2. The summed E-state index contributed by atoms with van der Waals surface area (Å²) < 4.78 is 10.7. The van der Waals surface area contributed by atoms with Crippen molar-refractivity contribution in [3.63, 3.8) is 0 Å². The van der Waals surface area contributed by atoms with E-state index in [0.717, 1.165) is 13.1 Å². The monoisotopic (exact) mass is 423 g/mol. The van der Waals surface area contributed by atoms with E-state index >= 15 is 0 Å². The molecule has 0 bridgehead atoms. The van der Waals surface area contributed by atoms with E-state index in [0.29, 0.717) is 43.2 Å². The number of pyridine rings is 1. The van der Waals surface area contributed by atoms with E-state index in [1.165, 1.54) is 12.4 Å². The van der Waals surface area contributed by atoms with E-state index in [-0.39, 0.29) is 11.3 Å². The number of aliphatic hydroxyl groups is 1. The summed E-state index contributed by atoms with van der Waals surface area (Å²) in [4.78, 5) is 33.7. The zero-order valence-corrected chi connectivity index (χ0v) is 17.4. The molecule has 31 heavy (non-hydrogen) atoms. The SMILES string of the molecule is COc1cccc(C2/C(=C(\O)c3ccncc3)C(=O)C(=O)N2CCN2CCOCC2)c1. The van der Waals surface area contributed by atoms with Crippen LogP contribution in [-0.2, 0) is 14.3 Å². The number of aliphatic hydroxyl groups excluding tert-OH is 1. The smallest absolute Gasteiger partial charge is 0.295 e. The fraction of sp³-hybridized carbons (Fsp3) is 0.348. The number of aromatic nitrogens is 1. The number of carbonyl (C=O) groups excluding carboxylic acids is 2. The topological polar surface area (TPSA) is 92.2 Å². The standard InChI is InChI=1S/C23H25N3O5/c1-30-18-4-2-3-17(15-18)20-19(21(27)16-5-7-24-8-6-16)22(28)23(29)26(20)10-9-25-11-13-31-14-12-25/h2-8,15,20,27H,9-14H2,1H3/b21-19+. The van der Waals surface area contributed by atoms with Crippen molar-refractivity contribution >= 4 is 17.4 Å². The minimum atomic E-state index is -0.704. The van der Waals surface area contributed by atoms with Crippen LogP contribution in [0.2, 0.25) is 0 Å². The van der Waals surface area contributed by atoms with Crippen molar-refractivity contribution in [3.8, 4) is 5.75 Å². The van der Waals surface area contributed by atoms with Gasteiger partial charge in [-0.05, 0) is 29.8 Å². The Kier molecular flexibility index (Phi) is 6.29. The van der Waals surface area contributed by atoms with Crippen molar-refractivity contribution in [1.82, 2.24) is 14.8 Å². The van der Waals surface area contributed by atoms with Crippen molar-refractivity contribution in [1.29, 1.82) is 0 Å². The Morgan fingerprint density at radius 3 is 2.61 bits per heavy atom. The van der Waals surface area contributed by atoms with Crippen molar-refractivity contribution in [3.05, 3.63) is 65.5 Å². The Bertz CT molecular complexity index is 986. The number of ketones is 1. The zero-order valence-electron chi connectivity index (χ0n) is 17.4. The minimum Gasteiger partial charge on any atom is -0.507 e. The van der Waals surface area contributed by atoms with Crippen LogP contribution in [0.15, 0.2) is 54.4 Å². The Hall–Kier alpha value is -3.23. The minimum absolute atomic E-state index is 0.0754. The highest BCUT2D eigenvalue weighted by Gasteiger charge is 2.46. The summed E-state index contributed by atoms with van der Waals surface area (Å²) in [7, 11) is 1.56. The predicted octanol–water partition coefficient (Wildman–Crippen LogP) is 1.84. The number of ether oxygens (including phenoxy) is 2. The second kappa shape index (κ2) is 9.28. The Labute approximate surface area is 180 Å². The summed E-state index contributed by atoms with van der Waals surface area (Å²) in [6, 6.07) is 9.75. The lowest BCUT2D eigenvalue weighted by Gasteiger charge is -2.31. The number of carbonyl (C=O) groups is 2. The summed E-state index contributed by atoms with van der Waals surface area (Å²) in [6.07, 6.45) is 3.06. The fourth-order valence-corrected chi connectivity index (χ4v) is 4.01. The van der Waals surface area contributed by atoms with Gasteiger partial charge in [-0.25, -0.2) is 0 Å². The van der Waals surface area contributed by atoms with Gasteiger partial charge in [-0.15, -0.1) is 0 Å². The van der Waals surface area contributed by atoms with Gasteiger partial charge in [0.05, 0.1) is 31.9 Å². The maximum absolute atomic E-state index is 13.0. The number of hydrogen-bond acceptors (Lipinski definition) is 7. The van der Waals surface area contributed by atoms with Crippen LogP contribution in [0.1, 0.15) is 17.2 Å². The van der Waals surface area contributed by atoms with Crippen LogP contribution in [0, 0.1) is 0 Å². The van der Waals surface area contributed by atoms with Crippen molar-refractivity contribution in [2.45, 2.75) is 6.04 Å². The average Bonchev–Trinajstić information content (AvgIpc) is 3.08. The van der Waals surface area contributed by atoms with Crippen molar-refractivity contribution in [2.24, 2.45) is 0 Å². The van der Waals surface area contributed by atoms with Crippen LogP contribution < -0.4 is 4.74 Å². The molecular weight excluding hydrogens is 398 g/mol. The molecule has 2 aromatic rings. The van der Waals surface area contributed by atoms with Gasteiger partial charge in [0.1, 0.15) is 11.5 Å². The molecule has 2 saturated heterocycles. The first-order chi connectivity index (χ1) is 15.1. The van der Waals surface area contributed by atoms with Gasteiger partial charge >= 0.3 is 0 Å². The number of morpholine rings is 1. The van der Waals surface area contributed by atoms with Gasteiger partial charge in [0.25, 0.3) is 11.7 Å². The largest absolute Gasteiger partial charge is 0.507 e. The third kappa shape index (κ3) is 4.30. The summed E-state index contributed by atoms with van der Waals surface area (Å²) in [5, 5.41) is 11.0. The molecule has 0 spiro atoms. The molecule has 1 amide bonds. The molecule has 0 radical (unpaired) electrons. The van der Waals surface area contributed by atoms with E-state index < -0.39 is 17.7 Å². The molecule has 1 aromatic heterocycles. The number of rotatable bonds is 6. The number of amides is 1. The fourth-order valence-electron chi connectivity index (χ4n) is 4.01. The second-order valence-corrected chi connectivity index (χ2v) is 7.46. The maximum Gasteiger partial charge on any atom is 0.295 e. The van der Waals surface area contributed by atoms with Gasteiger partial charge < -0.3 is 19.5 Å². The molecule has 1 unspecified atom stereocenters. The molecule has 2 fully saturated rings. The molecule has 1 N–H and O–H groups in total. The third-order valence-electron chi connectivity index (χ3n) is 5.66. The first-order valence-corrected chi connectivity index (χ1v) is 10.2. The summed E-state index contributed by atoms with van der Waals surface area (Å²) in [5.74, 6) is -0.900. The quantitative estimate of drug-likeness (QED) is 0.431. The molecule has 1 aromatic carbocycles. The van der Waals surface area contributed by atoms with E-state index in [9.17, 15) is 14.7 Å². The van der Waals surface area contributed by atoms with Gasteiger partial charge in [0, 0.05) is 44.1 Å². The molecule has 0 saturated carbocycles. The lowest BCUT2D eigenvalue weighted by atomic mass is 9.95. The maximum atomic E-state index is 13.0. The molecular formula is C23H25N3O5. The number of Topliss-reactive ketones (excluding diaryl/α,β-unsaturated/α-hetero) is 1. The first kappa shape index (κ1) is 21.0. The van der Waals surface area contributed by atoms with Crippen molar-refractivity contribution in [2.75, 3.05) is 46.5 Å². The van der Waals surface area contributed by atoms with Crippen molar-refractivity contribution < 1.29 is 24.2 Å². The molecule has 3 heterocycles. The van der Waals surface area contributed by atoms with Crippen LogP contribution in [0.25, 0.3) is 5.76 Å². The highest BCUT2D eigenvalue weighted by Crippen LogP contribution is 2.40. The Morgan fingerprint density at radius 1 is 1.16 bits per heavy atom. The lowest BCUT2D eigenvalue weighted by molar-refractivity contribution is -0.140. The summed E-state index contributed by atoms with van der Waals surface area (Å²) >= 11 is 0. The molecule has 0 aliphatic carbocycles. The third-order valence-corrected chi connectivity index (χ3v) is 5.66. The van der Waals surface area contributed by atoms with Gasteiger partial charge in [0.2, 0.25) is 0 Å². The molecule has 1 atom stereocenters. The van der Waals surface area contributed by atoms with E-state index in [1.54, 1.807) is 36.3 Å². The second-order valence-electron chi connectivity index (χ2n) is 7.46. The number of nitrogens with zero attached hydrogens (tertiary/aromatic N) is 3. The van der Waals surface area contributed by atoms with Gasteiger partial charge in [-0.2, -0.15) is 0 Å². The van der Waals surface area contributed by atoms with Crippen LogP contribution in [0.5, 0.6) is 5.75 Å². The molecule has 8 nitrogen and oxygen atoms in total. The van der Waals surface area contributed by atoms with Gasteiger partial charge in [-0.3, -0.25) is 19.5 Å². The average molecular weight is 423 g/mol. The highest BCUT2D eigenvalue weighted by atomic mass is 16.5. The van der Waals surface area contributed by atoms with E-state index in [4.69, 9.17) is 9.47 Å². The normalized spacial score (nSPS) is 21.5. The van der Waals surface area contributed by atoms with E-state index in [2.05, 4.69) is 9.88 Å². The van der Waals surface area contributed by atoms with Gasteiger partial charge in [-0.1, -0.05) is 12.1 Å². The Balaban J connectivity index is 1.74. The van der Waals surface area contributed by atoms with Crippen LogP contribution in [0.4, 0.5) is 0 Å². The highest BCUT2D eigenvalue weighted by molar-refractivity contribution is 6.46. The predicted molar refractivity (Wildman–Crippen MR) is 113 cm³/mol. The lowest BCUT2D eigenvalue weighted by Crippen LogP contribution is -2.42. The number of likely N-dealkylation sites (tertiary alicyclic amines) is 1. The molecule has 2 aliphatic rings. The zero-order chi connectivity index (χ0) is 21.8. The molecule has 8 heteroatoms. The number of benzene rings is 1. The molecule has 162 valence electrons. The number of methoxy groups -OCH3 is 1. The van der Waals surface area contributed by atoms with Crippen LogP contribution in [-0.4, -0.2) is 78.1 Å². The van der Waals surface area contributed by atoms with Crippen LogP contribution in [0.3, 0.4) is 0 Å². The number of hydrogen-bond donors (Lipinski definition) is 1. The summed E-state index contributed by atoms with van der Waals surface area (Å²) in [6.45, 7) is 3.85. The van der Waals surface area contributed by atoms with Crippen LogP contribution >= 0.6 is 0 Å². The van der Waals surface area contributed by atoms with Gasteiger partial charge in [0.15, 0.2) is 0 Å². The Morgan fingerprint density at radius 2 is 1.90 bits per heavy atom. The van der Waals surface area contributed by atoms with E-state index in [1.807, 2.05) is 12.1 Å². The molecule has 2 aliphatic heterocycles. The molecule has 4 rings (SSSR count). The summed E-state index contributed by atoms with van der Waals surface area (Å²) in [5.41, 5.74) is 1.22.